The number of nitro groups is 1. The number of nitro benzene ring substituents is 1. The normalized spacial score (nSPS) is 13.3. The number of aromatic nitrogens is 3. The molecule has 4 rings (SSSR count). The van der Waals surface area contributed by atoms with E-state index in [1.54, 1.807) is 12.1 Å². The monoisotopic (exact) mass is 395 g/mol. The van der Waals surface area contributed by atoms with Crippen molar-refractivity contribution in [2.75, 3.05) is 7.05 Å². The van der Waals surface area contributed by atoms with E-state index in [0.717, 1.165) is 36.1 Å². The number of rotatable bonds is 6. The number of carbonyl (C=O) groups excluding carboxylic acids is 1. The van der Waals surface area contributed by atoms with Crippen molar-refractivity contribution >= 4 is 23.4 Å². The molecule has 1 fully saturated rings. The molecule has 9 heteroatoms. The Labute approximate surface area is 165 Å². The molecule has 2 aromatic carbocycles. The van der Waals surface area contributed by atoms with E-state index in [9.17, 15) is 14.9 Å². The predicted molar refractivity (Wildman–Crippen MR) is 104 cm³/mol. The van der Waals surface area contributed by atoms with Crippen LogP contribution in [-0.2, 0) is 0 Å². The van der Waals surface area contributed by atoms with Crippen LogP contribution in [0.3, 0.4) is 0 Å². The van der Waals surface area contributed by atoms with Crippen molar-refractivity contribution in [3.8, 4) is 5.69 Å². The number of hydrogen-bond donors (Lipinski definition) is 1. The van der Waals surface area contributed by atoms with Gasteiger partial charge in [0.2, 0.25) is 5.16 Å². The third-order valence-electron chi connectivity index (χ3n) is 4.40. The Balaban J connectivity index is 1.70. The van der Waals surface area contributed by atoms with Crippen LogP contribution in [-0.4, -0.2) is 32.6 Å². The Morgan fingerprint density at radius 1 is 1.25 bits per heavy atom. The van der Waals surface area contributed by atoms with Crippen LogP contribution in [0.5, 0.6) is 0 Å². The molecule has 0 unspecified atom stereocenters. The van der Waals surface area contributed by atoms with Gasteiger partial charge in [-0.3, -0.25) is 14.9 Å². The quantitative estimate of drug-likeness (QED) is 0.506. The van der Waals surface area contributed by atoms with Crippen LogP contribution < -0.4 is 5.32 Å². The third-order valence-corrected chi connectivity index (χ3v) is 5.32. The fourth-order valence-corrected chi connectivity index (χ4v) is 3.68. The summed E-state index contributed by atoms with van der Waals surface area (Å²) in [6.45, 7) is 0. The SMILES string of the molecule is CNC(=O)c1ccc(Sc2nc(C3CC3)n(-c3ccccc3)n2)c([N+](=O)[O-])c1. The van der Waals surface area contributed by atoms with Crippen molar-refractivity contribution in [3.63, 3.8) is 0 Å². The molecule has 3 aromatic rings. The second-order valence-electron chi connectivity index (χ2n) is 6.40. The minimum atomic E-state index is -0.495. The highest BCUT2D eigenvalue weighted by Gasteiger charge is 2.31. The first-order chi connectivity index (χ1) is 13.6. The smallest absolute Gasteiger partial charge is 0.284 e. The molecule has 1 amide bonds. The largest absolute Gasteiger partial charge is 0.355 e. The second kappa shape index (κ2) is 7.43. The minimum absolute atomic E-state index is 0.143. The lowest BCUT2D eigenvalue weighted by atomic mass is 10.2. The maximum atomic E-state index is 11.8. The summed E-state index contributed by atoms with van der Waals surface area (Å²) in [4.78, 5) is 27.8. The Bertz CT molecular complexity index is 1050. The fourth-order valence-electron chi connectivity index (χ4n) is 2.84. The number of carbonyl (C=O) groups is 1. The molecule has 0 aliphatic heterocycles. The van der Waals surface area contributed by atoms with Crippen LogP contribution >= 0.6 is 11.8 Å². The van der Waals surface area contributed by atoms with Crippen molar-refractivity contribution in [3.05, 3.63) is 70.0 Å². The molecule has 0 bridgehead atoms. The van der Waals surface area contributed by atoms with Crippen LogP contribution in [0.25, 0.3) is 5.69 Å². The first kappa shape index (κ1) is 18.2. The molecule has 0 spiro atoms. The third kappa shape index (κ3) is 3.61. The van der Waals surface area contributed by atoms with E-state index >= 15 is 0 Å². The van der Waals surface area contributed by atoms with Crippen molar-refractivity contribution in [2.45, 2.75) is 28.8 Å². The van der Waals surface area contributed by atoms with E-state index in [2.05, 4.69) is 15.4 Å². The number of amides is 1. The van der Waals surface area contributed by atoms with E-state index < -0.39 is 4.92 Å². The van der Waals surface area contributed by atoms with Crippen LogP contribution in [0.2, 0.25) is 0 Å². The van der Waals surface area contributed by atoms with E-state index in [1.807, 2.05) is 35.0 Å². The molecule has 1 aromatic heterocycles. The summed E-state index contributed by atoms with van der Waals surface area (Å²) < 4.78 is 1.81. The number of nitrogens with one attached hydrogen (secondary N) is 1. The summed E-state index contributed by atoms with van der Waals surface area (Å²) in [7, 11) is 1.48. The molecule has 1 heterocycles. The molecule has 0 saturated heterocycles. The summed E-state index contributed by atoms with van der Waals surface area (Å²) in [5.74, 6) is 0.869. The molecule has 1 saturated carbocycles. The maximum absolute atomic E-state index is 11.8. The summed E-state index contributed by atoms with van der Waals surface area (Å²) >= 11 is 1.13. The van der Waals surface area contributed by atoms with Gasteiger partial charge < -0.3 is 5.32 Å². The molecule has 1 aliphatic rings. The lowest BCUT2D eigenvalue weighted by Crippen LogP contribution is -2.17. The summed E-state index contributed by atoms with van der Waals surface area (Å²) in [6.07, 6.45) is 2.13. The van der Waals surface area contributed by atoms with Gasteiger partial charge in [0.15, 0.2) is 0 Å². The van der Waals surface area contributed by atoms with Gasteiger partial charge in [-0.15, -0.1) is 5.10 Å². The highest BCUT2D eigenvalue weighted by atomic mass is 32.2. The molecule has 1 N–H and O–H groups in total. The van der Waals surface area contributed by atoms with Crippen molar-refractivity contribution in [2.24, 2.45) is 0 Å². The van der Waals surface area contributed by atoms with Crippen LogP contribution in [0, 0.1) is 10.1 Å². The molecule has 142 valence electrons. The second-order valence-corrected chi connectivity index (χ2v) is 7.40. The zero-order chi connectivity index (χ0) is 19.7. The van der Waals surface area contributed by atoms with Crippen molar-refractivity contribution < 1.29 is 9.72 Å². The van der Waals surface area contributed by atoms with Gasteiger partial charge in [-0.05, 0) is 48.9 Å². The minimum Gasteiger partial charge on any atom is -0.355 e. The summed E-state index contributed by atoms with van der Waals surface area (Å²) in [6, 6.07) is 14.1. The molecular weight excluding hydrogens is 378 g/mol. The number of hydrogen-bond acceptors (Lipinski definition) is 6. The van der Waals surface area contributed by atoms with Gasteiger partial charge in [0, 0.05) is 24.6 Å². The highest BCUT2D eigenvalue weighted by molar-refractivity contribution is 7.99. The lowest BCUT2D eigenvalue weighted by molar-refractivity contribution is -0.387. The van der Waals surface area contributed by atoms with Gasteiger partial charge in [-0.1, -0.05) is 18.2 Å². The predicted octanol–water partition coefficient (Wildman–Crippen LogP) is 3.56. The van der Waals surface area contributed by atoms with Crippen LogP contribution in [0.4, 0.5) is 5.69 Å². The van der Waals surface area contributed by atoms with Gasteiger partial charge in [0.05, 0.1) is 15.5 Å². The standard InChI is InChI=1S/C19H17N5O3S/c1-20-18(25)13-9-10-16(15(11-13)24(26)27)28-19-21-17(12-7-8-12)23(22-19)14-5-3-2-4-6-14/h2-6,9-12H,7-8H2,1H3,(H,20,25). The lowest BCUT2D eigenvalue weighted by Gasteiger charge is -2.04. The maximum Gasteiger partial charge on any atom is 0.284 e. The van der Waals surface area contributed by atoms with Gasteiger partial charge in [-0.2, -0.15) is 0 Å². The first-order valence-electron chi connectivity index (χ1n) is 8.77. The van der Waals surface area contributed by atoms with Gasteiger partial charge in [-0.25, -0.2) is 9.67 Å². The number of nitrogens with zero attached hydrogens (tertiary/aromatic N) is 4. The van der Waals surface area contributed by atoms with Gasteiger partial charge >= 0.3 is 0 Å². The topological polar surface area (TPSA) is 103 Å². The van der Waals surface area contributed by atoms with E-state index in [-0.39, 0.29) is 17.2 Å². The van der Waals surface area contributed by atoms with Crippen LogP contribution in [0.15, 0.2) is 58.6 Å². The molecular formula is C19H17N5O3S. The molecule has 8 nitrogen and oxygen atoms in total. The van der Waals surface area contributed by atoms with Gasteiger partial charge in [0.25, 0.3) is 11.6 Å². The average Bonchev–Trinajstić information content (AvgIpc) is 3.48. The van der Waals surface area contributed by atoms with Crippen LogP contribution in [0.1, 0.15) is 34.9 Å². The molecule has 1 aliphatic carbocycles. The van der Waals surface area contributed by atoms with E-state index in [0.29, 0.717) is 16.0 Å². The summed E-state index contributed by atoms with van der Waals surface area (Å²) in [5, 5.41) is 19.0. The van der Waals surface area contributed by atoms with Crippen molar-refractivity contribution in [1.29, 1.82) is 0 Å². The van der Waals surface area contributed by atoms with Crippen molar-refractivity contribution in [1.82, 2.24) is 20.1 Å². The molecule has 0 radical (unpaired) electrons. The van der Waals surface area contributed by atoms with E-state index in [1.165, 1.54) is 13.1 Å². The van der Waals surface area contributed by atoms with E-state index in [4.69, 9.17) is 0 Å². The zero-order valence-electron chi connectivity index (χ0n) is 15.0. The fraction of sp³-hybridized carbons (Fsp3) is 0.211. The number of benzene rings is 2. The highest BCUT2D eigenvalue weighted by Crippen LogP contribution is 2.41. The summed E-state index contributed by atoms with van der Waals surface area (Å²) in [5.41, 5.74) is 1.00. The Morgan fingerprint density at radius 2 is 2.00 bits per heavy atom. The average molecular weight is 395 g/mol. The first-order valence-corrected chi connectivity index (χ1v) is 9.59. The Morgan fingerprint density at radius 3 is 2.64 bits per heavy atom. The van der Waals surface area contributed by atoms with Gasteiger partial charge in [0.1, 0.15) is 5.82 Å². The number of para-hydroxylation sites is 1. The zero-order valence-corrected chi connectivity index (χ0v) is 15.8. The molecule has 0 atom stereocenters. The molecule has 28 heavy (non-hydrogen) atoms. The Hall–Kier alpha value is -3.20. The Kier molecular flexibility index (Phi) is 4.82.